The van der Waals surface area contributed by atoms with Crippen molar-refractivity contribution in [2.24, 2.45) is 5.10 Å². The second-order valence-electron chi connectivity index (χ2n) is 4.62. The molecule has 1 N–H and O–H groups in total. The van der Waals surface area contributed by atoms with Crippen LogP contribution < -0.4 is 5.43 Å². The lowest BCUT2D eigenvalue weighted by Gasteiger charge is -1.96. The number of aromatic nitrogens is 1. The highest BCUT2D eigenvalue weighted by atomic mass is 32.1. The maximum atomic E-state index is 10.6. The number of hydrogen-bond acceptors (Lipinski definition) is 6. The van der Waals surface area contributed by atoms with Gasteiger partial charge in [0.2, 0.25) is 5.13 Å². The van der Waals surface area contributed by atoms with Crippen molar-refractivity contribution < 1.29 is 4.92 Å². The van der Waals surface area contributed by atoms with Gasteiger partial charge in [-0.2, -0.15) is 5.10 Å². The maximum Gasteiger partial charge on any atom is 0.269 e. The summed E-state index contributed by atoms with van der Waals surface area (Å²) < 4.78 is 0. The summed E-state index contributed by atoms with van der Waals surface area (Å²) in [4.78, 5) is 14.6. The van der Waals surface area contributed by atoms with Gasteiger partial charge >= 0.3 is 0 Å². The van der Waals surface area contributed by atoms with Gasteiger partial charge in [0.15, 0.2) is 0 Å². The number of rotatable bonds is 5. The standard InChI is InChI=1S/C16H12N4O2S/c21-20(22)14-8-6-12(7-9-14)10-17-19-16-18-15(11-23-16)13-4-2-1-3-5-13/h1-11H,(H,18,19)/b17-10-. The number of thiazole rings is 1. The van der Waals surface area contributed by atoms with Gasteiger partial charge in [0.1, 0.15) is 0 Å². The van der Waals surface area contributed by atoms with Crippen molar-refractivity contribution in [3.63, 3.8) is 0 Å². The van der Waals surface area contributed by atoms with E-state index in [0.29, 0.717) is 5.13 Å². The van der Waals surface area contributed by atoms with Gasteiger partial charge in [-0.05, 0) is 17.7 Å². The average Bonchev–Trinajstić information content (AvgIpc) is 3.05. The third-order valence-electron chi connectivity index (χ3n) is 3.05. The minimum absolute atomic E-state index is 0.0579. The molecular weight excluding hydrogens is 312 g/mol. The molecule has 0 radical (unpaired) electrons. The van der Waals surface area contributed by atoms with Crippen LogP contribution in [0, 0.1) is 10.1 Å². The molecule has 114 valence electrons. The van der Waals surface area contributed by atoms with Crippen molar-refractivity contribution in [1.82, 2.24) is 4.98 Å². The van der Waals surface area contributed by atoms with Crippen molar-refractivity contribution >= 4 is 28.4 Å². The summed E-state index contributed by atoms with van der Waals surface area (Å²) in [5.74, 6) is 0. The Bertz CT molecular complexity index is 829. The lowest BCUT2D eigenvalue weighted by Crippen LogP contribution is -1.91. The predicted octanol–water partition coefficient (Wildman–Crippen LogP) is 4.16. The summed E-state index contributed by atoms with van der Waals surface area (Å²) in [6.07, 6.45) is 1.59. The van der Waals surface area contributed by atoms with Crippen molar-refractivity contribution in [3.05, 3.63) is 75.7 Å². The zero-order valence-electron chi connectivity index (χ0n) is 11.9. The summed E-state index contributed by atoms with van der Waals surface area (Å²) >= 11 is 1.46. The van der Waals surface area contributed by atoms with E-state index in [1.165, 1.54) is 23.5 Å². The predicted molar refractivity (Wildman–Crippen MR) is 91.9 cm³/mol. The molecule has 0 saturated heterocycles. The Hall–Kier alpha value is -3.06. The van der Waals surface area contributed by atoms with Crippen molar-refractivity contribution in [2.45, 2.75) is 0 Å². The van der Waals surface area contributed by atoms with Gasteiger partial charge in [0.25, 0.3) is 5.69 Å². The van der Waals surface area contributed by atoms with Crippen molar-refractivity contribution in [3.8, 4) is 11.3 Å². The summed E-state index contributed by atoms with van der Waals surface area (Å²) in [6.45, 7) is 0. The molecule has 0 saturated carbocycles. The molecule has 6 nitrogen and oxygen atoms in total. The van der Waals surface area contributed by atoms with E-state index in [2.05, 4.69) is 15.5 Å². The highest BCUT2D eigenvalue weighted by Gasteiger charge is 2.04. The molecule has 0 amide bonds. The molecule has 0 spiro atoms. The van der Waals surface area contributed by atoms with Crippen LogP contribution in [0.15, 0.2) is 65.1 Å². The average molecular weight is 324 g/mol. The van der Waals surface area contributed by atoms with Gasteiger partial charge in [-0.15, -0.1) is 11.3 Å². The first kappa shape index (κ1) is 14.9. The monoisotopic (exact) mass is 324 g/mol. The van der Waals surface area contributed by atoms with E-state index < -0.39 is 4.92 Å². The second-order valence-corrected chi connectivity index (χ2v) is 5.48. The molecule has 3 rings (SSSR count). The fourth-order valence-electron chi connectivity index (χ4n) is 1.91. The molecule has 0 bridgehead atoms. The number of non-ortho nitro benzene ring substituents is 1. The molecule has 23 heavy (non-hydrogen) atoms. The lowest BCUT2D eigenvalue weighted by molar-refractivity contribution is -0.384. The van der Waals surface area contributed by atoms with Crippen LogP contribution >= 0.6 is 11.3 Å². The van der Waals surface area contributed by atoms with Gasteiger partial charge in [0.05, 0.1) is 16.8 Å². The molecule has 1 aromatic heterocycles. The second kappa shape index (κ2) is 6.80. The van der Waals surface area contributed by atoms with E-state index in [9.17, 15) is 10.1 Å². The molecule has 3 aromatic rings. The number of hydrogen-bond donors (Lipinski definition) is 1. The van der Waals surface area contributed by atoms with Crippen LogP contribution in [0.5, 0.6) is 0 Å². The molecule has 0 aliphatic rings. The Balaban J connectivity index is 1.64. The lowest BCUT2D eigenvalue weighted by atomic mass is 10.2. The maximum absolute atomic E-state index is 10.6. The van der Waals surface area contributed by atoms with Crippen LogP contribution in [0.25, 0.3) is 11.3 Å². The van der Waals surface area contributed by atoms with Crippen LogP contribution in [0.4, 0.5) is 10.8 Å². The third-order valence-corrected chi connectivity index (χ3v) is 3.80. The number of hydrazone groups is 1. The molecule has 0 unspecified atom stereocenters. The molecule has 0 atom stereocenters. The molecule has 0 fully saturated rings. The van der Waals surface area contributed by atoms with E-state index in [1.807, 2.05) is 35.7 Å². The summed E-state index contributed by atoms with van der Waals surface area (Å²) in [5.41, 5.74) is 5.63. The fourth-order valence-corrected chi connectivity index (χ4v) is 2.58. The van der Waals surface area contributed by atoms with E-state index in [1.54, 1.807) is 18.3 Å². The first-order chi connectivity index (χ1) is 11.2. The quantitative estimate of drug-likeness (QED) is 0.434. The zero-order chi connectivity index (χ0) is 16.1. The zero-order valence-corrected chi connectivity index (χ0v) is 12.7. The SMILES string of the molecule is O=[N+]([O-])c1ccc(/C=N\Nc2nc(-c3ccccc3)cs2)cc1. The van der Waals surface area contributed by atoms with Gasteiger partial charge in [-0.1, -0.05) is 30.3 Å². The van der Waals surface area contributed by atoms with Crippen LogP contribution in [-0.2, 0) is 0 Å². The minimum atomic E-state index is -0.431. The van der Waals surface area contributed by atoms with Crippen LogP contribution in [-0.4, -0.2) is 16.1 Å². The number of anilines is 1. The van der Waals surface area contributed by atoms with Gasteiger partial charge < -0.3 is 0 Å². The highest BCUT2D eigenvalue weighted by Crippen LogP contribution is 2.24. The smallest absolute Gasteiger partial charge is 0.258 e. The molecular formula is C16H12N4O2S. The Kier molecular flexibility index (Phi) is 4.39. The highest BCUT2D eigenvalue weighted by molar-refractivity contribution is 7.14. The van der Waals surface area contributed by atoms with E-state index in [0.717, 1.165) is 16.8 Å². The number of nitro benzene ring substituents is 1. The van der Waals surface area contributed by atoms with E-state index in [4.69, 9.17) is 0 Å². The van der Waals surface area contributed by atoms with Crippen molar-refractivity contribution in [2.75, 3.05) is 5.43 Å². The van der Waals surface area contributed by atoms with Crippen LogP contribution in [0.3, 0.4) is 0 Å². The Morgan fingerprint density at radius 3 is 2.57 bits per heavy atom. The molecule has 1 heterocycles. The Morgan fingerprint density at radius 1 is 1.13 bits per heavy atom. The summed E-state index contributed by atoms with van der Waals surface area (Å²) in [7, 11) is 0. The molecule has 7 heteroatoms. The fraction of sp³-hybridized carbons (Fsp3) is 0. The number of nitro groups is 1. The van der Waals surface area contributed by atoms with E-state index in [-0.39, 0.29) is 5.69 Å². The van der Waals surface area contributed by atoms with Gasteiger partial charge in [-0.3, -0.25) is 15.5 Å². The van der Waals surface area contributed by atoms with Crippen molar-refractivity contribution in [1.29, 1.82) is 0 Å². The molecule has 0 aliphatic heterocycles. The summed E-state index contributed by atoms with van der Waals surface area (Å²) in [5, 5.41) is 17.3. The molecule has 2 aromatic carbocycles. The molecule has 0 aliphatic carbocycles. The largest absolute Gasteiger partial charge is 0.269 e. The number of nitrogens with zero attached hydrogens (tertiary/aromatic N) is 3. The van der Waals surface area contributed by atoms with Gasteiger partial charge in [-0.25, -0.2) is 4.98 Å². The Labute approximate surface area is 136 Å². The third kappa shape index (κ3) is 3.78. The normalized spacial score (nSPS) is 10.8. The summed E-state index contributed by atoms with van der Waals surface area (Å²) in [6, 6.07) is 16.1. The minimum Gasteiger partial charge on any atom is -0.258 e. The van der Waals surface area contributed by atoms with Crippen LogP contribution in [0.1, 0.15) is 5.56 Å². The number of nitrogens with one attached hydrogen (secondary N) is 1. The number of benzene rings is 2. The first-order valence-corrected chi connectivity index (χ1v) is 7.65. The first-order valence-electron chi connectivity index (χ1n) is 6.77. The van der Waals surface area contributed by atoms with Gasteiger partial charge in [0, 0.05) is 23.1 Å². The van der Waals surface area contributed by atoms with E-state index >= 15 is 0 Å². The van der Waals surface area contributed by atoms with Crippen LogP contribution in [0.2, 0.25) is 0 Å². The topological polar surface area (TPSA) is 80.4 Å². The Morgan fingerprint density at radius 2 is 1.87 bits per heavy atom.